The molecular weight excluding hydrogens is 1000 g/mol. The van der Waals surface area contributed by atoms with E-state index in [1.165, 1.54) is 44.6 Å². The van der Waals surface area contributed by atoms with E-state index in [4.69, 9.17) is 18.8 Å². The summed E-state index contributed by atoms with van der Waals surface area (Å²) in [4.78, 5) is 25.3. The van der Waals surface area contributed by atoms with Crippen molar-refractivity contribution in [2.24, 2.45) is 20.5 Å². The first-order valence-corrected chi connectivity index (χ1v) is 25.8. The molecule has 384 valence electrons. The van der Waals surface area contributed by atoms with Gasteiger partial charge in [-0.05, 0) is 145 Å². The molecule has 0 fully saturated rings. The molecule has 8 aromatic carbocycles. The lowest BCUT2D eigenvalue weighted by Gasteiger charge is -2.14. The molecule has 22 heteroatoms. The van der Waals surface area contributed by atoms with Crippen LogP contribution in [0.1, 0.15) is 38.3 Å². The Labute approximate surface area is 430 Å². The second-order valence-electron chi connectivity index (χ2n) is 16.9. The summed E-state index contributed by atoms with van der Waals surface area (Å²) in [6.45, 7) is 3.87. The molecule has 0 saturated carbocycles. The summed E-state index contributed by atoms with van der Waals surface area (Å²) in [5.74, 6) is -0.825. The Hall–Kier alpha value is -8.96. The SMILES string of the molecule is COc1cc(N=Nc2c(S(=O)(=O)O)cc3cc(NC(=O)c4ccccc4)ccc3c2O)c(OC)cc1N=Nc1ccc(NNc2ccc(C(=O)Nc3ccc4c(OCCCS(=O)(=O)O)cc(C)cc4c3)cc2C)cc1. The van der Waals surface area contributed by atoms with Gasteiger partial charge in [-0.2, -0.15) is 21.9 Å². The third-order valence-electron chi connectivity index (χ3n) is 11.5. The molecule has 0 bridgehead atoms. The summed E-state index contributed by atoms with van der Waals surface area (Å²) in [7, 11) is -6.28. The van der Waals surface area contributed by atoms with Crippen LogP contribution in [-0.4, -0.2) is 69.4 Å². The number of hydrogen-bond donors (Lipinski definition) is 7. The summed E-state index contributed by atoms with van der Waals surface area (Å²) in [6, 6.07) is 38.3. The highest BCUT2D eigenvalue weighted by atomic mass is 32.2. The lowest BCUT2D eigenvalue weighted by atomic mass is 10.1. The molecule has 0 radical (unpaired) electrons. The molecule has 20 nitrogen and oxygen atoms in total. The van der Waals surface area contributed by atoms with Crippen molar-refractivity contribution >= 4 is 99.1 Å². The van der Waals surface area contributed by atoms with Crippen LogP contribution in [0.2, 0.25) is 0 Å². The highest BCUT2D eigenvalue weighted by Gasteiger charge is 2.23. The molecule has 0 unspecified atom stereocenters. The van der Waals surface area contributed by atoms with Gasteiger partial charge in [-0.15, -0.1) is 15.3 Å². The zero-order valence-corrected chi connectivity index (χ0v) is 42.2. The Morgan fingerprint density at radius 3 is 1.80 bits per heavy atom. The van der Waals surface area contributed by atoms with Crippen LogP contribution in [0.3, 0.4) is 0 Å². The number of carbonyl (C=O) groups excluding carboxylic acids is 2. The van der Waals surface area contributed by atoms with E-state index in [0.717, 1.165) is 33.7 Å². The minimum atomic E-state index is -4.96. The monoisotopic (exact) mass is 1050 g/mol. The molecule has 2 amide bonds. The maximum Gasteiger partial charge on any atom is 0.296 e. The van der Waals surface area contributed by atoms with Gasteiger partial charge in [-0.3, -0.25) is 18.7 Å². The summed E-state index contributed by atoms with van der Waals surface area (Å²) < 4.78 is 83.5. The van der Waals surface area contributed by atoms with Crippen LogP contribution in [0.4, 0.5) is 45.5 Å². The molecule has 0 saturated heterocycles. The van der Waals surface area contributed by atoms with Crippen molar-refractivity contribution in [3.8, 4) is 23.0 Å². The fourth-order valence-electron chi connectivity index (χ4n) is 7.75. The normalized spacial score (nSPS) is 11.8. The fraction of sp³-hybridized carbons (Fsp3) is 0.132. The number of aryl methyl sites for hydroxylation is 2. The Kier molecular flexibility index (Phi) is 15.7. The van der Waals surface area contributed by atoms with Crippen molar-refractivity contribution in [2.45, 2.75) is 25.2 Å². The lowest BCUT2D eigenvalue weighted by Crippen LogP contribution is -2.14. The number of hydrazine groups is 1. The fourth-order valence-corrected chi connectivity index (χ4v) is 8.89. The third-order valence-corrected chi connectivity index (χ3v) is 13.1. The number of ether oxygens (including phenoxy) is 3. The van der Waals surface area contributed by atoms with Gasteiger partial charge in [0.05, 0.1) is 43.6 Å². The predicted octanol–water partition coefficient (Wildman–Crippen LogP) is 12.0. The van der Waals surface area contributed by atoms with E-state index in [0.29, 0.717) is 39.6 Å². The zero-order chi connectivity index (χ0) is 53.4. The standard InChI is InChI=1S/C53H48N8O12S2/c1-31-23-35-26-39(16-18-41(35)46(24-31)73-21-8-22-74(65,66)67)55-53(64)34-11-20-43(32(2)25-34)58-56-37-12-14-38(15-13-37)57-59-44-29-48(72-4)45(30-47(44)71-3)60-61-50-49(75(68,69)70)28-36-27-40(17-19-42(36)51(50)62)54-52(63)33-9-6-5-7-10-33/h5-7,9-20,23-30,56,58,62H,8,21-22H2,1-4H3,(H,54,63)(H,55,64)(H,65,66,67)(H,68,69,70). The number of nitrogens with zero attached hydrogens (tertiary/aromatic N) is 4. The van der Waals surface area contributed by atoms with Gasteiger partial charge in [0, 0.05) is 45.4 Å². The number of methoxy groups -OCH3 is 2. The van der Waals surface area contributed by atoms with Crippen molar-refractivity contribution in [2.75, 3.05) is 48.1 Å². The molecule has 0 aliphatic carbocycles. The van der Waals surface area contributed by atoms with Crippen LogP contribution in [0.25, 0.3) is 21.5 Å². The van der Waals surface area contributed by atoms with Gasteiger partial charge in [0.1, 0.15) is 39.2 Å². The van der Waals surface area contributed by atoms with E-state index in [1.807, 2.05) is 38.1 Å². The number of benzene rings is 8. The number of carbonyl (C=O) groups is 2. The van der Waals surface area contributed by atoms with Crippen molar-refractivity contribution in [1.82, 2.24) is 0 Å². The molecule has 8 rings (SSSR count). The molecule has 0 aliphatic rings. The number of amides is 2. The number of nitrogens with one attached hydrogen (secondary N) is 4. The van der Waals surface area contributed by atoms with Crippen LogP contribution >= 0.6 is 0 Å². The highest BCUT2D eigenvalue weighted by molar-refractivity contribution is 7.86. The average Bonchev–Trinajstić information content (AvgIpc) is 3.38. The first kappa shape index (κ1) is 52.4. The Bertz CT molecular complexity index is 3780. The highest BCUT2D eigenvalue weighted by Crippen LogP contribution is 2.45. The van der Waals surface area contributed by atoms with Gasteiger partial charge in [-0.25, -0.2) is 0 Å². The van der Waals surface area contributed by atoms with E-state index in [2.05, 4.69) is 41.9 Å². The van der Waals surface area contributed by atoms with Gasteiger partial charge in [0.15, 0.2) is 5.75 Å². The van der Waals surface area contributed by atoms with Crippen LogP contribution in [0.5, 0.6) is 23.0 Å². The van der Waals surface area contributed by atoms with E-state index in [9.17, 15) is 36.1 Å². The van der Waals surface area contributed by atoms with Gasteiger partial charge < -0.3 is 40.8 Å². The Morgan fingerprint density at radius 2 is 1.19 bits per heavy atom. The van der Waals surface area contributed by atoms with Crippen molar-refractivity contribution in [3.63, 3.8) is 0 Å². The average molecular weight is 1050 g/mol. The molecule has 7 N–H and O–H groups in total. The topological polar surface area (TPSA) is 288 Å². The number of fused-ring (bicyclic) bond motifs is 2. The first-order chi connectivity index (χ1) is 35.8. The van der Waals surface area contributed by atoms with E-state index in [1.54, 1.807) is 78.9 Å². The molecule has 8 aromatic rings. The summed E-state index contributed by atoms with van der Waals surface area (Å²) in [6.07, 6.45) is 0.130. The zero-order valence-electron chi connectivity index (χ0n) is 40.5. The molecule has 0 atom stereocenters. The third kappa shape index (κ3) is 13.0. The smallest absolute Gasteiger partial charge is 0.296 e. The maximum atomic E-state index is 13.3. The minimum Gasteiger partial charge on any atom is -0.505 e. The molecule has 75 heavy (non-hydrogen) atoms. The van der Waals surface area contributed by atoms with Crippen LogP contribution in [0, 0.1) is 13.8 Å². The number of aromatic hydroxyl groups is 1. The molecule has 0 heterocycles. The van der Waals surface area contributed by atoms with Gasteiger partial charge in [0.2, 0.25) is 0 Å². The Morgan fingerprint density at radius 1 is 0.587 bits per heavy atom. The molecule has 0 aromatic heterocycles. The van der Waals surface area contributed by atoms with Crippen LogP contribution in [0.15, 0.2) is 165 Å². The maximum absolute atomic E-state index is 13.3. The second kappa shape index (κ2) is 22.4. The largest absolute Gasteiger partial charge is 0.505 e. The van der Waals surface area contributed by atoms with Gasteiger partial charge >= 0.3 is 0 Å². The molecule has 0 spiro atoms. The quantitative estimate of drug-likeness (QED) is 0.0172. The van der Waals surface area contributed by atoms with Crippen LogP contribution in [-0.2, 0) is 20.2 Å². The van der Waals surface area contributed by atoms with Gasteiger partial charge in [-0.1, -0.05) is 24.3 Å². The lowest BCUT2D eigenvalue weighted by molar-refractivity contribution is 0.101. The number of azo groups is 2. The number of phenols is 1. The summed E-state index contributed by atoms with van der Waals surface area (Å²) in [5, 5.41) is 35.8. The number of anilines is 4. The van der Waals surface area contributed by atoms with E-state index < -0.39 is 48.2 Å². The van der Waals surface area contributed by atoms with E-state index in [-0.39, 0.29) is 52.6 Å². The number of phenolic OH excluding ortho intramolecular Hbond substituents is 1. The van der Waals surface area contributed by atoms with Crippen molar-refractivity contribution < 1.29 is 54.8 Å². The predicted molar refractivity (Wildman–Crippen MR) is 286 cm³/mol. The van der Waals surface area contributed by atoms with Crippen molar-refractivity contribution in [3.05, 3.63) is 162 Å². The van der Waals surface area contributed by atoms with Gasteiger partial charge in [0.25, 0.3) is 32.1 Å². The second-order valence-corrected chi connectivity index (χ2v) is 19.8. The molecular formula is C53H48N8O12S2. The first-order valence-electron chi connectivity index (χ1n) is 22.8. The number of hydrogen-bond acceptors (Lipinski definition) is 16. The summed E-state index contributed by atoms with van der Waals surface area (Å²) in [5.41, 5.74) is 11.4. The summed E-state index contributed by atoms with van der Waals surface area (Å²) >= 11 is 0. The van der Waals surface area contributed by atoms with Crippen molar-refractivity contribution in [1.29, 1.82) is 0 Å². The number of rotatable bonds is 19. The molecule has 0 aliphatic heterocycles. The Balaban J connectivity index is 0.902. The van der Waals surface area contributed by atoms with Crippen LogP contribution < -0.4 is 35.7 Å². The minimum absolute atomic E-state index is 0.0556. The van der Waals surface area contributed by atoms with E-state index >= 15 is 0 Å².